The molecule has 29 heavy (non-hydrogen) atoms. The third-order valence-corrected chi connectivity index (χ3v) is 6.58. The van der Waals surface area contributed by atoms with Crippen LogP contribution in [0.15, 0.2) is 29.3 Å². The minimum Gasteiger partial charge on any atom is -0.339 e. The van der Waals surface area contributed by atoms with Gasteiger partial charge >= 0.3 is 0 Å². The maximum Gasteiger partial charge on any atom is 0.233 e. The third-order valence-electron chi connectivity index (χ3n) is 5.62. The van der Waals surface area contributed by atoms with Crippen molar-refractivity contribution in [1.82, 2.24) is 14.8 Å². The molecule has 0 aliphatic carbocycles. The molecular weight excluding hydrogens is 380 g/mol. The monoisotopic (exact) mass is 408 g/mol. The molecule has 0 unspecified atom stereocenters. The number of nitriles is 1. The molecule has 6 heteroatoms. The Labute approximate surface area is 177 Å². The Bertz CT molecular complexity index is 943. The number of piperazine rings is 1. The number of thioether (sulfide) groups is 1. The normalized spacial score (nSPS) is 14.7. The number of benzene rings is 1. The number of hydrogen-bond donors (Lipinski definition) is 0. The molecule has 2 heterocycles. The van der Waals surface area contributed by atoms with Crippen molar-refractivity contribution in [2.45, 2.75) is 39.3 Å². The summed E-state index contributed by atoms with van der Waals surface area (Å²) in [5.74, 6) is 0.438. The fourth-order valence-corrected chi connectivity index (χ4v) is 4.58. The molecular formula is C23H28N4OS. The molecule has 1 saturated heterocycles. The number of nitrogens with zero attached hydrogens (tertiary/aromatic N) is 4. The highest BCUT2D eigenvalue weighted by atomic mass is 32.2. The van der Waals surface area contributed by atoms with Crippen LogP contribution in [0.25, 0.3) is 0 Å². The lowest BCUT2D eigenvalue weighted by Crippen LogP contribution is -2.48. The highest BCUT2D eigenvalue weighted by Gasteiger charge is 2.22. The standard InChI is InChI=1S/C23H28N4OS/c1-16-6-5-7-20(12-16)14-26-8-10-27(11-9-26)22(28)15-29-23-21(13-24)18(3)17(2)19(4)25-23/h5-7,12H,8-11,14-15H2,1-4H3. The van der Waals surface area contributed by atoms with E-state index < -0.39 is 0 Å². The number of amides is 1. The van der Waals surface area contributed by atoms with Crippen molar-refractivity contribution >= 4 is 17.7 Å². The zero-order valence-electron chi connectivity index (χ0n) is 17.7. The fourth-order valence-electron chi connectivity index (χ4n) is 3.59. The van der Waals surface area contributed by atoms with Crippen LogP contribution in [0.3, 0.4) is 0 Å². The summed E-state index contributed by atoms with van der Waals surface area (Å²) in [7, 11) is 0. The van der Waals surface area contributed by atoms with E-state index in [2.05, 4.69) is 47.1 Å². The van der Waals surface area contributed by atoms with Gasteiger partial charge in [0.25, 0.3) is 0 Å². The van der Waals surface area contributed by atoms with Crippen LogP contribution < -0.4 is 0 Å². The Morgan fingerprint density at radius 2 is 1.86 bits per heavy atom. The minimum absolute atomic E-state index is 0.117. The molecule has 0 N–H and O–H groups in total. The maximum absolute atomic E-state index is 12.7. The van der Waals surface area contributed by atoms with Crippen LogP contribution in [-0.2, 0) is 11.3 Å². The molecule has 0 saturated carbocycles. The van der Waals surface area contributed by atoms with Gasteiger partial charge in [-0.25, -0.2) is 4.98 Å². The molecule has 0 spiro atoms. The zero-order chi connectivity index (χ0) is 21.0. The summed E-state index contributed by atoms with van der Waals surface area (Å²) >= 11 is 1.38. The summed E-state index contributed by atoms with van der Waals surface area (Å²) in [6.07, 6.45) is 0. The van der Waals surface area contributed by atoms with Crippen molar-refractivity contribution in [2.75, 3.05) is 31.9 Å². The van der Waals surface area contributed by atoms with Crippen molar-refractivity contribution in [1.29, 1.82) is 5.26 Å². The number of rotatable bonds is 5. The lowest BCUT2D eigenvalue weighted by atomic mass is 10.1. The Balaban J connectivity index is 1.54. The predicted octanol–water partition coefficient (Wildman–Crippen LogP) is 3.62. The predicted molar refractivity (Wildman–Crippen MR) is 117 cm³/mol. The van der Waals surface area contributed by atoms with Gasteiger partial charge in [0.05, 0.1) is 11.3 Å². The smallest absolute Gasteiger partial charge is 0.233 e. The fraction of sp³-hybridized carbons (Fsp3) is 0.435. The Morgan fingerprint density at radius 3 is 2.52 bits per heavy atom. The van der Waals surface area contributed by atoms with E-state index in [0.717, 1.165) is 49.5 Å². The Morgan fingerprint density at radius 1 is 1.14 bits per heavy atom. The van der Waals surface area contributed by atoms with Gasteiger partial charge in [-0.05, 0) is 44.4 Å². The van der Waals surface area contributed by atoms with Gasteiger partial charge in [-0.3, -0.25) is 9.69 Å². The molecule has 2 aromatic rings. The number of carbonyl (C=O) groups excluding carboxylic acids is 1. The first-order valence-corrected chi connectivity index (χ1v) is 10.9. The lowest BCUT2D eigenvalue weighted by molar-refractivity contribution is -0.130. The average molecular weight is 409 g/mol. The molecule has 0 atom stereocenters. The largest absolute Gasteiger partial charge is 0.339 e. The lowest BCUT2D eigenvalue weighted by Gasteiger charge is -2.34. The van der Waals surface area contributed by atoms with Crippen LogP contribution in [0.5, 0.6) is 0 Å². The number of hydrogen-bond acceptors (Lipinski definition) is 5. The van der Waals surface area contributed by atoms with Crippen LogP contribution in [0.1, 0.15) is 33.5 Å². The topological polar surface area (TPSA) is 60.2 Å². The first-order valence-electron chi connectivity index (χ1n) is 9.95. The van der Waals surface area contributed by atoms with E-state index in [1.165, 1.54) is 22.9 Å². The molecule has 1 fully saturated rings. The van der Waals surface area contributed by atoms with Crippen LogP contribution in [0, 0.1) is 39.0 Å². The quantitative estimate of drug-likeness (QED) is 0.707. The van der Waals surface area contributed by atoms with Crippen molar-refractivity contribution in [3.63, 3.8) is 0 Å². The van der Waals surface area contributed by atoms with Gasteiger partial charge < -0.3 is 4.90 Å². The van der Waals surface area contributed by atoms with Gasteiger partial charge in [-0.1, -0.05) is 41.6 Å². The van der Waals surface area contributed by atoms with Crippen molar-refractivity contribution in [3.8, 4) is 6.07 Å². The van der Waals surface area contributed by atoms with E-state index in [1.807, 2.05) is 25.7 Å². The van der Waals surface area contributed by atoms with Gasteiger partial charge in [0, 0.05) is 38.4 Å². The highest BCUT2D eigenvalue weighted by molar-refractivity contribution is 8.00. The second-order valence-corrected chi connectivity index (χ2v) is 8.64. The van der Waals surface area contributed by atoms with Crippen LogP contribution >= 0.6 is 11.8 Å². The first-order chi connectivity index (χ1) is 13.9. The highest BCUT2D eigenvalue weighted by Crippen LogP contribution is 2.26. The van der Waals surface area contributed by atoms with Crippen LogP contribution in [0.2, 0.25) is 0 Å². The summed E-state index contributed by atoms with van der Waals surface area (Å²) < 4.78 is 0. The summed E-state index contributed by atoms with van der Waals surface area (Å²) in [4.78, 5) is 21.6. The molecule has 1 aliphatic heterocycles. The second-order valence-electron chi connectivity index (χ2n) is 7.67. The van der Waals surface area contributed by atoms with Gasteiger partial charge in [-0.15, -0.1) is 0 Å². The van der Waals surface area contributed by atoms with E-state index in [-0.39, 0.29) is 5.91 Å². The second kappa shape index (κ2) is 9.43. The minimum atomic E-state index is 0.117. The SMILES string of the molecule is Cc1cccc(CN2CCN(C(=O)CSc3nc(C)c(C)c(C)c3C#N)CC2)c1. The zero-order valence-corrected chi connectivity index (χ0v) is 18.5. The number of carbonyl (C=O) groups is 1. The third kappa shape index (κ3) is 5.17. The van der Waals surface area contributed by atoms with Gasteiger partial charge in [0.15, 0.2) is 0 Å². The van der Waals surface area contributed by atoms with Gasteiger partial charge in [-0.2, -0.15) is 5.26 Å². The van der Waals surface area contributed by atoms with Crippen LogP contribution in [-0.4, -0.2) is 52.6 Å². The first kappa shape index (κ1) is 21.4. The van der Waals surface area contributed by atoms with Crippen molar-refractivity contribution in [2.24, 2.45) is 0 Å². The summed E-state index contributed by atoms with van der Waals surface area (Å²) in [6, 6.07) is 10.8. The van der Waals surface area contributed by atoms with E-state index in [1.54, 1.807) is 0 Å². The van der Waals surface area contributed by atoms with Crippen LogP contribution in [0.4, 0.5) is 0 Å². The molecule has 1 aromatic carbocycles. The molecule has 1 amide bonds. The molecule has 1 aromatic heterocycles. The average Bonchev–Trinajstić information content (AvgIpc) is 2.71. The van der Waals surface area contributed by atoms with Gasteiger partial charge in [0.1, 0.15) is 11.1 Å². The van der Waals surface area contributed by atoms with E-state index in [4.69, 9.17) is 0 Å². The van der Waals surface area contributed by atoms with E-state index in [0.29, 0.717) is 16.3 Å². The van der Waals surface area contributed by atoms with Gasteiger partial charge in [0.2, 0.25) is 5.91 Å². The molecule has 5 nitrogen and oxygen atoms in total. The maximum atomic E-state index is 12.7. The Kier molecular flexibility index (Phi) is 6.94. The number of pyridine rings is 1. The molecule has 0 radical (unpaired) electrons. The Hall–Kier alpha value is -2.36. The number of aryl methyl sites for hydroxylation is 2. The summed E-state index contributed by atoms with van der Waals surface area (Å²) in [5.41, 5.74) is 6.11. The summed E-state index contributed by atoms with van der Waals surface area (Å²) in [6.45, 7) is 12.2. The van der Waals surface area contributed by atoms with E-state index >= 15 is 0 Å². The molecule has 3 rings (SSSR count). The number of aromatic nitrogens is 1. The van der Waals surface area contributed by atoms with Crippen molar-refractivity contribution < 1.29 is 4.79 Å². The van der Waals surface area contributed by atoms with E-state index in [9.17, 15) is 10.1 Å². The molecule has 152 valence electrons. The molecule has 0 bridgehead atoms. The molecule has 1 aliphatic rings. The van der Waals surface area contributed by atoms with Crippen molar-refractivity contribution in [3.05, 3.63) is 57.8 Å². The summed E-state index contributed by atoms with van der Waals surface area (Å²) in [5, 5.41) is 10.2.